The molecule has 0 bridgehead atoms. The fourth-order valence-corrected chi connectivity index (χ4v) is 1.99. The van der Waals surface area contributed by atoms with Crippen molar-refractivity contribution < 1.29 is 4.52 Å². The van der Waals surface area contributed by atoms with E-state index in [4.69, 9.17) is 10.3 Å². The highest BCUT2D eigenvalue weighted by Crippen LogP contribution is 2.29. The van der Waals surface area contributed by atoms with Crippen LogP contribution in [0.15, 0.2) is 35.1 Å². The summed E-state index contributed by atoms with van der Waals surface area (Å²) in [5.41, 5.74) is 9.30. The Morgan fingerprint density at radius 2 is 1.94 bits per heavy atom. The predicted octanol–water partition coefficient (Wildman–Crippen LogP) is 2.43. The second-order valence-corrected chi connectivity index (χ2v) is 3.99. The fraction of sp³-hybridized carbons (Fsp3) is 0.154. The number of fused-ring (bicyclic) bond motifs is 1. The molecule has 0 aliphatic rings. The van der Waals surface area contributed by atoms with Gasteiger partial charge in [-0.1, -0.05) is 12.1 Å². The van der Waals surface area contributed by atoms with Crippen LogP contribution in [-0.4, -0.2) is 15.1 Å². The molecule has 90 valence electrons. The molecule has 2 aromatic heterocycles. The lowest BCUT2D eigenvalue weighted by atomic mass is 10.1. The van der Waals surface area contributed by atoms with Gasteiger partial charge < -0.3 is 10.3 Å². The molecule has 0 saturated heterocycles. The lowest BCUT2D eigenvalue weighted by molar-refractivity contribution is 0.435. The van der Waals surface area contributed by atoms with E-state index in [0.717, 1.165) is 28.6 Å². The molecule has 0 amide bonds. The molecule has 2 heterocycles. The van der Waals surface area contributed by atoms with Gasteiger partial charge in [-0.25, -0.2) is 0 Å². The lowest BCUT2D eigenvalue weighted by Gasteiger charge is -2.01. The molecule has 5 heteroatoms. The van der Waals surface area contributed by atoms with Gasteiger partial charge >= 0.3 is 0 Å². The molecule has 0 fully saturated rings. The van der Waals surface area contributed by atoms with E-state index in [2.05, 4.69) is 15.1 Å². The highest BCUT2D eigenvalue weighted by atomic mass is 16.5. The van der Waals surface area contributed by atoms with Crippen LogP contribution in [0.2, 0.25) is 0 Å². The van der Waals surface area contributed by atoms with E-state index in [1.54, 1.807) is 12.4 Å². The molecule has 0 aliphatic heterocycles. The summed E-state index contributed by atoms with van der Waals surface area (Å²) in [4.78, 5) is 8.50. The Morgan fingerprint density at radius 3 is 2.72 bits per heavy atom. The summed E-state index contributed by atoms with van der Waals surface area (Å²) < 4.78 is 5.30. The summed E-state index contributed by atoms with van der Waals surface area (Å²) in [6.07, 6.45) is 4.12. The van der Waals surface area contributed by atoms with Crippen LogP contribution in [-0.2, 0) is 6.42 Å². The van der Waals surface area contributed by atoms with Gasteiger partial charge in [-0.05, 0) is 24.6 Å². The van der Waals surface area contributed by atoms with E-state index in [0.29, 0.717) is 11.6 Å². The Kier molecular flexibility index (Phi) is 2.44. The second kappa shape index (κ2) is 4.10. The maximum Gasteiger partial charge on any atom is 0.172 e. The zero-order valence-corrected chi connectivity index (χ0v) is 9.92. The smallest absolute Gasteiger partial charge is 0.172 e. The van der Waals surface area contributed by atoms with Crippen LogP contribution in [0.25, 0.3) is 22.4 Å². The number of hydrogen-bond donors (Lipinski definition) is 1. The van der Waals surface area contributed by atoms with Crippen molar-refractivity contribution in [2.75, 3.05) is 5.73 Å². The summed E-state index contributed by atoms with van der Waals surface area (Å²) in [5, 5.41) is 3.81. The van der Waals surface area contributed by atoms with Gasteiger partial charge in [0.05, 0.1) is 11.0 Å². The van der Waals surface area contributed by atoms with Crippen molar-refractivity contribution in [1.29, 1.82) is 0 Å². The van der Waals surface area contributed by atoms with Gasteiger partial charge in [0.25, 0.3) is 0 Å². The summed E-state index contributed by atoms with van der Waals surface area (Å²) in [5.74, 6) is 1.16. The number of hydrogen-bond acceptors (Lipinski definition) is 5. The van der Waals surface area contributed by atoms with Gasteiger partial charge in [-0.3, -0.25) is 9.97 Å². The Morgan fingerprint density at radius 1 is 1.17 bits per heavy atom. The molecule has 0 saturated carbocycles. The molecule has 2 N–H and O–H groups in total. The largest absolute Gasteiger partial charge is 0.381 e. The first-order chi connectivity index (χ1) is 8.79. The molecule has 18 heavy (non-hydrogen) atoms. The Bertz CT molecular complexity index is 705. The molecule has 3 rings (SSSR count). The monoisotopic (exact) mass is 240 g/mol. The number of aromatic nitrogens is 3. The van der Waals surface area contributed by atoms with Crippen molar-refractivity contribution in [1.82, 2.24) is 15.1 Å². The van der Waals surface area contributed by atoms with Crippen LogP contribution in [0.5, 0.6) is 0 Å². The molecule has 1 aromatic carbocycles. The van der Waals surface area contributed by atoms with E-state index in [1.807, 2.05) is 25.1 Å². The topological polar surface area (TPSA) is 77.8 Å². The van der Waals surface area contributed by atoms with Gasteiger partial charge in [0, 0.05) is 23.5 Å². The van der Waals surface area contributed by atoms with Gasteiger partial charge in [0.2, 0.25) is 0 Å². The number of rotatable bonds is 2. The van der Waals surface area contributed by atoms with Crippen LogP contribution in [0, 0.1) is 0 Å². The maximum atomic E-state index is 5.77. The molecule has 0 atom stereocenters. The minimum atomic E-state index is 0.451. The molecular weight excluding hydrogens is 228 g/mol. The Hall–Kier alpha value is -2.43. The van der Waals surface area contributed by atoms with E-state index in [9.17, 15) is 0 Å². The van der Waals surface area contributed by atoms with Crippen LogP contribution in [0.4, 0.5) is 5.82 Å². The minimum absolute atomic E-state index is 0.451. The summed E-state index contributed by atoms with van der Waals surface area (Å²) >= 11 is 0. The average Bonchev–Trinajstić information content (AvgIpc) is 2.79. The van der Waals surface area contributed by atoms with E-state index in [1.165, 1.54) is 0 Å². The highest BCUT2D eigenvalue weighted by Gasteiger charge is 2.14. The molecule has 3 aromatic rings. The first kappa shape index (κ1) is 10.7. The van der Waals surface area contributed by atoms with Crippen LogP contribution in [0.3, 0.4) is 0 Å². The third kappa shape index (κ3) is 1.60. The summed E-state index contributed by atoms with van der Waals surface area (Å²) in [6, 6.07) is 5.79. The van der Waals surface area contributed by atoms with Gasteiger partial charge in [-0.15, -0.1) is 0 Å². The van der Waals surface area contributed by atoms with Crippen molar-refractivity contribution in [2.45, 2.75) is 13.3 Å². The highest BCUT2D eigenvalue weighted by molar-refractivity contribution is 5.81. The quantitative estimate of drug-likeness (QED) is 0.744. The van der Waals surface area contributed by atoms with Crippen molar-refractivity contribution in [3.63, 3.8) is 0 Å². The fourth-order valence-electron chi connectivity index (χ4n) is 1.99. The normalized spacial score (nSPS) is 10.9. The number of nitrogens with zero attached hydrogens (tertiary/aromatic N) is 3. The predicted molar refractivity (Wildman–Crippen MR) is 68.8 cm³/mol. The Balaban J connectivity index is 2.19. The molecular formula is C13H12N4O. The van der Waals surface area contributed by atoms with E-state index >= 15 is 0 Å². The molecule has 0 aliphatic carbocycles. The number of anilines is 1. The third-order valence-corrected chi connectivity index (χ3v) is 2.90. The van der Waals surface area contributed by atoms with Crippen LogP contribution < -0.4 is 5.73 Å². The van der Waals surface area contributed by atoms with Crippen LogP contribution in [0.1, 0.15) is 12.5 Å². The molecule has 5 nitrogen and oxygen atoms in total. The van der Waals surface area contributed by atoms with Crippen molar-refractivity contribution in [3.8, 4) is 11.3 Å². The first-order valence-electron chi connectivity index (χ1n) is 5.74. The maximum absolute atomic E-state index is 5.77. The van der Waals surface area contributed by atoms with E-state index < -0.39 is 0 Å². The standard InChI is InChI=1S/C13H12N4O/c1-2-9-12(18-17-13(9)14)8-3-4-10-11(7-8)16-6-5-15-10/h3-7H,2H2,1H3,(H2,14,17). The SMILES string of the molecule is CCc1c(N)noc1-c1ccc2nccnc2c1. The number of benzene rings is 1. The second-order valence-electron chi connectivity index (χ2n) is 3.99. The van der Waals surface area contributed by atoms with Gasteiger partial charge in [-0.2, -0.15) is 0 Å². The van der Waals surface area contributed by atoms with Gasteiger partial charge in [0.15, 0.2) is 11.6 Å². The zero-order valence-electron chi connectivity index (χ0n) is 9.92. The molecule has 0 unspecified atom stereocenters. The summed E-state index contributed by atoms with van der Waals surface area (Å²) in [7, 11) is 0. The molecule has 0 spiro atoms. The van der Waals surface area contributed by atoms with Crippen LogP contribution >= 0.6 is 0 Å². The average molecular weight is 240 g/mol. The van der Waals surface area contributed by atoms with Crippen molar-refractivity contribution in [3.05, 3.63) is 36.2 Å². The Labute approximate surface area is 104 Å². The van der Waals surface area contributed by atoms with E-state index in [-0.39, 0.29) is 0 Å². The summed E-state index contributed by atoms with van der Waals surface area (Å²) in [6.45, 7) is 2.02. The van der Waals surface area contributed by atoms with Crippen molar-refractivity contribution >= 4 is 16.9 Å². The third-order valence-electron chi connectivity index (χ3n) is 2.90. The molecule has 0 radical (unpaired) electrons. The first-order valence-corrected chi connectivity index (χ1v) is 5.74. The number of nitrogen functional groups attached to an aromatic ring is 1. The minimum Gasteiger partial charge on any atom is -0.381 e. The zero-order chi connectivity index (χ0) is 12.5. The number of nitrogens with two attached hydrogens (primary N) is 1. The van der Waals surface area contributed by atoms with Crippen molar-refractivity contribution in [2.24, 2.45) is 0 Å². The van der Waals surface area contributed by atoms with Gasteiger partial charge in [0.1, 0.15) is 0 Å². The lowest BCUT2D eigenvalue weighted by Crippen LogP contribution is -1.91.